The van der Waals surface area contributed by atoms with E-state index in [0.29, 0.717) is 33.0 Å². The average molecular weight is 427 g/mol. The molecule has 0 spiro atoms. The van der Waals surface area contributed by atoms with E-state index in [1.54, 1.807) is 0 Å². The summed E-state index contributed by atoms with van der Waals surface area (Å²) in [4.78, 5) is 0. The number of aliphatic hydroxyl groups is 1. The number of allylic oxidation sites excluding steroid dienone is 2. The SMILES string of the molecule is CC12CCC(O)C(C)(C)C1CCC1C2=CCC2(C)C3CCCC(C)(C)C3(C)CCC12C. The van der Waals surface area contributed by atoms with Gasteiger partial charge < -0.3 is 5.11 Å². The molecule has 0 aliphatic heterocycles. The summed E-state index contributed by atoms with van der Waals surface area (Å²) in [6, 6.07) is 0. The first kappa shape index (κ1) is 22.5. The van der Waals surface area contributed by atoms with Crippen molar-refractivity contribution < 1.29 is 5.11 Å². The van der Waals surface area contributed by atoms with Crippen LogP contribution in [0.3, 0.4) is 0 Å². The molecule has 176 valence electrons. The topological polar surface area (TPSA) is 20.2 Å². The van der Waals surface area contributed by atoms with Crippen LogP contribution in [0, 0.1) is 50.2 Å². The molecule has 4 fully saturated rings. The normalized spacial score (nSPS) is 55.2. The summed E-state index contributed by atoms with van der Waals surface area (Å²) in [6.45, 7) is 20.6. The average Bonchev–Trinajstić information content (AvgIpc) is 2.68. The third kappa shape index (κ3) is 2.54. The number of hydrogen-bond donors (Lipinski definition) is 1. The number of aliphatic hydroxyl groups excluding tert-OH is 1. The molecule has 0 aromatic carbocycles. The fourth-order valence-electron chi connectivity index (χ4n) is 10.8. The zero-order valence-corrected chi connectivity index (χ0v) is 21.9. The number of hydrogen-bond acceptors (Lipinski definition) is 1. The predicted octanol–water partition coefficient (Wildman–Crippen LogP) is 8.17. The van der Waals surface area contributed by atoms with Gasteiger partial charge in [-0.3, -0.25) is 0 Å². The van der Waals surface area contributed by atoms with Crippen LogP contribution in [-0.4, -0.2) is 11.2 Å². The highest BCUT2D eigenvalue weighted by atomic mass is 16.3. The third-order valence-electron chi connectivity index (χ3n) is 13.6. The molecule has 0 heterocycles. The minimum absolute atomic E-state index is 0.0407. The third-order valence-corrected chi connectivity index (χ3v) is 13.6. The van der Waals surface area contributed by atoms with Gasteiger partial charge in [0.2, 0.25) is 0 Å². The zero-order valence-electron chi connectivity index (χ0n) is 21.9. The van der Waals surface area contributed by atoms with Gasteiger partial charge in [-0.2, -0.15) is 0 Å². The molecule has 0 amide bonds. The Hall–Kier alpha value is -0.300. The molecule has 0 aromatic heterocycles. The predicted molar refractivity (Wildman–Crippen MR) is 131 cm³/mol. The van der Waals surface area contributed by atoms with E-state index >= 15 is 0 Å². The number of rotatable bonds is 0. The molecule has 0 aromatic rings. The Labute approximate surface area is 192 Å². The van der Waals surface area contributed by atoms with Crippen molar-refractivity contribution in [3.8, 4) is 0 Å². The summed E-state index contributed by atoms with van der Waals surface area (Å²) in [6.07, 6.45) is 15.9. The van der Waals surface area contributed by atoms with Crippen molar-refractivity contribution in [1.29, 1.82) is 0 Å². The molecule has 5 aliphatic rings. The molecule has 5 aliphatic carbocycles. The van der Waals surface area contributed by atoms with Crippen molar-refractivity contribution in [3.63, 3.8) is 0 Å². The molecule has 8 atom stereocenters. The lowest BCUT2D eigenvalue weighted by atomic mass is 9.32. The Kier molecular flexibility index (Phi) is 4.66. The van der Waals surface area contributed by atoms with Crippen LogP contribution in [-0.2, 0) is 0 Å². The van der Waals surface area contributed by atoms with Crippen LogP contribution < -0.4 is 0 Å². The van der Waals surface area contributed by atoms with Crippen LogP contribution in [0.25, 0.3) is 0 Å². The van der Waals surface area contributed by atoms with Crippen molar-refractivity contribution >= 4 is 0 Å². The zero-order chi connectivity index (χ0) is 22.7. The maximum absolute atomic E-state index is 10.9. The van der Waals surface area contributed by atoms with Crippen molar-refractivity contribution in [2.45, 2.75) is 126 Å². The fourth-order valence-corrected chi connectivity index (χ4v) is 10.8. The molecule has 0 saturated heterocycles. The van der Waals surface area contributed by atoms with E-state index in [9.17, 15) is 5.11 Å². The Morgan fingerprint density at radius 1 is 0.710 bits per heavy atom. The Bertz CT molecular complexity index is 790. The lowest BCUT2D eigenvalue weighted by Gasteiger charge is -2.72. The Balaban J connectivity index is 1.58. The molecule has 1 nitrogen and oxygen atoms in total. The summed E-state index contributed by atoms with van der Waals surface area (Å²) in [5, 5.41) is 10.9. The molecule has 8 unspecified atom stereocenters. The highest BCUT2D eigenvalue weighted by Gasteiger charge is 2.68. The van der Waals surface area contributed by atoms with Gasteiger partial charge in [-0.05, 0) is 108 Å². The second-order valence-electron chi connectivity index (χ2n) is 14.9. The minimum atomic E-state index is -0.132. The van der Waals surface area contributed by atoms with Crippen LogP contribution in [0.15, 0.2) is 11.6 Å². The van der Waals surface area contributed by atoms with Crippen LogP contribution in [0.2, 0.25) is 0 Å². The summed E-state index contributed by atoms with van der Waals surface area (Å²) < 4.78 is 0. The highest BCUT2D eigenvalue weighted by molar-refractivity contribution is 5.33. The lowest BCUT2D eigenvalue weighted by Crippen LogP contribution is -2.64. The fraction of sp³-hybridized carbons (Fsp3) is 0.933. The Morgan fingerprint density at radius 3 is 2.10 bits per heavy atom. The lowest BCUT2D eigenvalue weighted by molar-refractivity contribution is -0.205. The first-order valence-electron chi connectivity index (χ1n) is 13.6. The van der Waals surface area contributed by atoms with Gasteiger partial charge in [0.25, 0.3) is 0 Å². The quantitative estimate of drug-likeness (QED) is 0.387. The molecular weight excluding hydrogens is 376 g/mol. The van der Waals surface area contributed by atoms with Gasteiger partial charge in [0, 0.05) is 0 Å². The largest absolute Gasteiger partial charge is 0.393 e. The molecule has 1 N–H and O–H groups in total. The molecule has 1 heteroatoms. The van der Waals surface area contributed by atoms with E-state index in [1.165, 1.54) is 57.8 Å². The molecular formula is C30H50O. The van der Waals surface area contributed by atoms with E-state index in [-0.39, 0.29) is 11.5 Å². The maximum atomic E-state index is 10.9. The summed E-state index contributed by atoms with van der Waals surface area (Å²) in [7, 11) is 0. The smallest absolute Gasteiger partial charge is 0.0594 e. The van der Waals surface area contributed by atoms with Crippen molar-refractivity contribution in [2.24, 2.45) is 50.2 Å². The van der Waals surface area contributed by atoms with Gasteiger partial charge in [0.1, 0.15) is 0 Å². The first-order chi connectivity index (χ1) is 14.2. The second-order valence-corrected chi connectivity index (χ2v) is 14.9. The summed E-state index contributed by atoms with van der Waals surface area (Å²) in [5.74, 6) is 2.24. The second kappa shape index (κ2) is 6.43. The molecule has 31 heavy (non-hydrogen) atoms. The van der Waals surface area contributed by atoms with E-state index in [1.807, 2.05) is 5.57 Å². The van der Waals surface area contributed by atoms with Gasteiger partial charge in [-0.15, -0.1) is 0 Å². The van der Waals surface area contributed by atoms with E-state index in [0.717, 1.165) is 18.3 Å². The molecule has 0 radical (unpaired) electrons. The van der Waals surface area contributed by atoms with Crippen LogP contribution in [0.5, 0.6) is 0 Å². The van der Waals surface area contributed by atoms with Crippen LogP contribution in [0.1, 0.15) is 120 Å². The van der Waals surface area contributed by atoms with Gasteiger partial charge >= 0.3 is 0 Å². The van der Waals surface area contributed by atoms with E-state index in [4.69, 9.17) is 0 Å². The Morgan fingerprint density at radius 2 is 1.39 bits per heavy atom. The maximum Gasteiger partial charge on any atom is 0.0594 e. The first-order valence-corrected chi connectivity index (χ1v) is 13.6. The van der Waals surface area contributed by atoms with Crippen molar-refractivity contribution in [3.05, 3.63) is 11.6 Å². The monoisotopic (exact) mass is 426 g/mol. The van der Waals surface area contributed by atoms with E-state index < -0.39 is 0 Å². The van der Waals surface area contributed by atoms with Crippen molar-refractivity contribution in [1.82, 2.24) is 0 Å². The van der Waals surface area contributed by atoms with Gasteiger partial charge in [-0.25, -0.2) is 0 Å². The number of fused-ring (bicyclic) bond motifs is 7. The van der Waals surface area contributed by atoms with Gasteiger partial charge in [0.15, 0.2) is 0 Å². The standard InChI is InChI=1S/C30H50O/c1-25(2)15-9-10-23-29(25,7)19-18-28(6)21-11-12-22-26(3,4)24(31)14-16-27(22,5)20(21)13-17-30(23,28)8/h13,21-24,31H,9-12,14-19H2,1-8H3. The van der Waals surface area contributed by atoms with Crippen molar-refractivity contribution in [2.75, 3.05) is 0 Å². The minimum Gasteiger partial charge on any atom is -0.393 e. The summed E-state index contributed by atoms with van der Waals surface area (Å²) in [5.41, 5.74) is 3.98. The molecule has 5 rings (SSSR count). The van der Waals surface area contributed by atoms with Crippen LogP contribution in [0.4, 0.5) is 0 Å². The van der Waals surface area contributed by atoms with Crippen LogP contribution >= 0.6 is 0 Å². The summed E-state index contributed by atoms with van der Waals surface area (Å²) >= 11 is 0. The molecule has 0 bridgehead atoms. The van der Waals surface area contributed by atoms with Gasteiger partial charge in [-0.1, -0.05) is 73.5 Å². The highest BCUT2D eigenvalue weighted by Crippen LogP contribution is 2.76. The molecule has 4 saturated carbocycles. The van der Waals surface area contributed by atoms with E-state index in [2.05, 4.69) is 61.5 Å². The van der Waals surface area contributed by atoms with Gasteiger partial charge in [0.05, 0.1) is 6.10 Å².